The number of carbonyl (C=O) groups excluding carboxylic acids is 3. The van der Waals surface area contributed by atoms with E-state index in [1.807, 2.05) is 6.08 Å². The van der Waals surface area contributed by atoms with Crippen molar-refractivity contribution >= 4 is 17.9 Å². The van der Waals surface area contributed by atoms with Crippen LogP contribution in [0, 0.1) is 0 Å². The lowest BCUT2D eigenvalue weighted by Gasteiger charge is -2.18. The van der Waals surface area contributed by atoms with E-state index in [4.69, 9.17) is 14.2 Å². The Morgan fingerprint density at radius 3 is 0.848 bits per heavy atom. The van der Waals surface area contributed by atoms with Crippen molar-refractivity contribution < 1.29 is 28.6 Å². The van der Waals surface area contributed by atoms with Gasteiger partial charge in [-0.25, -0.2) is 0 Å². The van der Waals surface area contributed by atoms with E-state index in [9.17, 15) is 14.4 Å². The van der Waals surface area contributed by atoms with Crippen molar-refractivity contribution in [2.24, 2.45) is 0 Å². The molecule has 1 atom stereocenters. The van der Waals surface area contributed by atoms with Crippen molar-refractivity contribution in [3.8, 4) is 0 Å². The molecule has 0 heterocycles. The molecule has 0 aromatic carbocycles. The molecule has 0 rings (SSSR count). The number of esters is 3. The SMILES string of the molecule is CC/C=C\C/C=C\C/C=C\C/C=C\CCC(=O)OCC(COC(=O)CCCCCCCCCCCCCCCCCCCCCCCCCCC)OC(=O)CCCCCCCCCCCCC/C=C\CCCCCCCCCC. The van der Waals surface area contributed by atoms with Crippen LogP contribution in [0.3, 0.4) is 0 Å². The molecule has 0 aromatic rings. The van der Waals surface area contributed by atoms with Gasteiger partial charge < -0.3 is 14.2 Å². The van der Waals surface area contributed by atoms with E-state index in [2.05, 4.69) is 75.5 Å². The minimum atomic E-state index is -0.803. The Kier molecular flexibility index (Phi) is 65.1. The maximum absolute atomic E-state index is 12.9. The zero-order valence-corrected chi connectivity index (χ0v) is 52.9. The molecule has 0 amide bonds. The van der Waals surface area contributed by atoms with Crippen molar-refractivity contribution in [3.05, 3.63) is 60.8 Å². The van der Waals surface area contributed by atoms with Crippen LogP contribution in [0.4, 0.5) is 0 Å². The average Bonchev–Trinajstić information content (AvgIpc) is 3.45. The third kappa shape index (κ3) is 65.8. The molecule has 1 unspecified atom stereocenters. The van der Waals surface area contributed by atoms with Crippen molar-refractivity contribution in [3.63, 3.8) is 0 Å². The molecule has 0 fully saturated rings. The topological polar surface area (TPSA) is 78.9 Å². The first-order chi connectivity index (χ1) is 39.0. The third-order valence-corrected chi connectivity index (χ3v) is 15.5. The maximum Gasteiger partial charge on any atom is 0.306 e. The maximum atomic E-state index is 12.9. The van der Waals surface area contributed by atoms with Gasteiger partial charge in [-0.3, -0.25) is 14.4 Å². The van der Waals surface area contributed by atoms with Crippen LogP contribution in [-0.2, 0) is 28.6 Å². The Hall–Kier alpha value is -2.89. The lowest BCUT2D eigenvalue weighted by atomic mass is 10.0. The van der Waals surface area contributed by atoms with Crippen LogP contribution >= 0.6 is 0 Å². The van der Waals surface area contributed by atoms with Crippen LogP contribution in [-0.4, -0.2) is 37.2 Å². The van der Waals surface area contributed by atoms with E-state index in [-0.39, 0.29) is 37.5 Å². The second-order valence-corrected chi connectivity index (χ2v) is 23.4. The first-order valence-electron chi connectivity index (χ1n) is 34.8. The highest BCUT2D eigenvalue weighted by molar-refractivity contribution is 5.71. The molecule has 0 aromatic heterocycles. The van der Waals surface area contributed by atoms with Crippen molar-refractivity contribution in [1.82, 2.24) is 0 Å². The second-order valence-electron chi connectivity index (χ2n) is 23.4. The zero-order valence-electron chi connectivity index (χ0n) is 52.9. The van der Waals surface area contributed by atoms with Gasteiger partial charge in [-0.2, -0.15) is 0 Å². The predicted molar refractivity (Wildman–Crippen MR) is 344 cm³/mol. The van der Waals surface area contributed by atoms with E-state index in [0.29, 0.717) is 19.3 Å². The summed E-state index contributed by atoms with van der Waals surface area (Å²) >= 11 is 0. The van der Waals surface area contributed by atoms with E-state index < -0.39 is 6.10 Å². The molecule has 0 saturated carbocycles. The van der Waals surface area contributed by atoms with Crippen LogP contribution < -0.4 is 0 Å². The highest BCUT2D eigenvalue weighted by atomic mass is 16.6. The van der Waals surface area contributed by atoms with Gasteiger partial charge in [-0.1, -0.05) is 338 Å². The molecule has 0 radical (unpaired) electrons. The van der Waals surface area contributed by atoms with Gasteiger partial charge in [0.15, 0.2) is 6.10 Å². The van der Waals surface area contributed by atoms with Crippen LogP contribution in [0.2, 0.25) is 0 Å². The van der Waals surface area contributed by atoms with Crippen LogP contribution in [0.25, 0.3) is 0 Å². The standard InChI is InChI=1S/C73H132O6/c1-4-7-10-13-16-19-22-25-27-29-31-33-35-36-38-39-41-43-45-48-51-54-57-60-63-66-72(75)78-69-70(68-77-71(74)65-62-59-56-53-50-47-24-21-18-15-12-9-6-3)79-73(76)67-64-61-58-55-52-49-46-44-42-40-37-34-32-30-28-26-23-20-17-14-11-8-5-2/h9,12,18,21,30,32,47,50,56,59,70H,4-8,10-11,13-17,19-20,22-29,31,33-46,48-49,51-55,57-58,60-69H2,1-3H3/b12-9-,21-18-,32-30-,50-47-,59-56-. The normalized spacial score (nSPS) is 12.4. The van der Waals surface area contributed by atoms with Crippen LogP contribution in [0.1, 0.15) is 367 Å². The van der Waals surface area contributed by atoms with Crippen molar-refractivity contribution in [2.45, 2.75) is 374 Å². The van der Waals surface area contributed by atoms with E-state index >= 15 is 0 Å². The molecule has 0 bridgehead atoms. The highest BCUT2D eigenvalue weighted by Crippen LogP contribution is 2.18. The first-order valence-corrected chi connectivity index (χ1v) is 34.8. The second kappa shape index (κ2) is 67.6. The van der Waals surface area contributed by atoms with Crippen LogP contribution in [0.15, 0.2) is 60.8 Å². The summed E-state index contributed by atoms with van der Waals surface area (Å²) in [5.74, 6) is -0.957. The van der Waals surface area contributed by atoms with Gasteiger partial charge in [0.25, 0.3) is 0 Å². The number of unbranched alkanes of at least 4 members (excludes halogenated alkanes) is 43. The minimum Gasteiger partial charge on any atom is -0.462 e. The number of rotatable bonds is 64. The molecule has 0 aliphatic carbocycles. The molecule has 0 spiro atoms. The van der Waals surface area contributed by atoms with Gasteiger partial charge in [0, 0.05) is 19.3 Å². The summed E-state index contributed by atoms with van der Waals surface area (Å²) in [6.07, 6.45) is 87.0. The number of allylic oxidation sites excluding steroid dienone is 10. The lowest BCUT2D eigenvalue weighted by molar-refractivity contribution is -0.166. The number of hydrogen-bond acceptors (Lipinski definition) is 6. The predicted octanol–water partition coefficient (Wildman–Crippen LogP) is 23.9. The summed E-state index contributed by atoms with van der Waals surface area (Å²) in [7, 11) is 0. The molecule has 0 aliphatic rings. The molecule has 0 aliphatic heterocycles. The Balaban J connectivity index is 4.27. The van der Waals surface area contributed by atoms with Gasteiger partial charge in [0.05, 0.1) is 0 Å². The fourth-order valence-electron chi connectivity index (χ4n) is 10.3. The minimum absolute atomic E-state index is 0.0926. The van der Waals surface area contributed by atoms with Gasteiger partial charge in [0.1, 0.15) is 13.2 Å². The van der Waals surface area contributed by atoms with Gasteiger partial charge in [-0.05, 0) is 70.6 Å². The third-order valence-electron chi connectivity index (χ3n) is 15.5. The summed E-state index contributed by atoms with van der Waals surface area (Å²) in [6, 6.07) is 0. The molecule has 460 valence electrons. The molecule has 0 saturated heterocycles. The lowest BCUT2D eigenvalue weighted by Crippen LogP contribution is -2.30. The summed E-state index contributed by atoms with van der Waals surface area (Å²) in [5.41, 5.74) is 0. The van der Waals surface area contributed by atoms with Gasteiger partial charge in [-0.15, -0.1) is 0 Å². The number of carbonyl (C=O) groups is 3. The average molecular weight is 1110 g/mol. The summed E-state index contributed by atoms with van der Waals surface area (Å²) in [4.78, 5) is 38.3. The summed E-state index contributed by atoms with van der Waals surface area (Å²) in [6.45, 7) is 6.52. The largest absolute Gasteiger partial charge is 0.462 e. The van der Waals surface area contributed by atoms with E-state index in [1.165, 1.54) is 257 Å². The number of hydrogen-bond donors (Lipinski definition) is 0. The van der Waals surface area contributed by atoms with Crippen LogP contribution in [0.5, 0.6) is 0 Å². The van der Waals surface area contributed by atoms with E-state index in [1.54, 1.807) is 0 Å². The van der Waals surface area contributed by atoms with Crippen molar-refractivity contribution in [2.75, 3.05) is 13.2 Å². The molecule has 6 heteroatoms. The Morgan fingerprint density at radius 1 is 0.266 bits per heavy atom. The van der Waals surface area contributed by atoms with Crippen molar-refractivity contribution in [1.29, 1.82) is 0 Å². The van der Waals surface area contributed by atoms with Gasteiger partial charge >= 0.3 is 17.9 Å². The highest BCUT2D eigenvalue weighted by Gasteiger charge is 2.19. The number of ether oxygens (including phenoxy) is 3. The molecular weight excluding hydrogens is 973 g/mol. The Labute approximate surface area is 491 Å². The summed E-state index contributed by atoms with van der Waals surface area (Å²) in [5, 5.41) is 0. The fourth-order valence-corrected chi connectivity index (χ4v) is 10.3. The molecular formula is C73H132O6. The van der Waals surface area contributed by atoms with E-state index in [0.717, 1.165) is 64.2 Å². The zero-order chi connectivity index (χ0) is 57.1. The monoisotopic (exact) mass is 1110 g/mol. The Bertz CT molecular complexity index is 1410. The Morgan fingerprint density at radius 2 is 0.519 bits per heavy atom. The fraction of sp³-hybridized carbons (Fsp3) is 0.822. The van der Waals surface area contributed by atoms with Gasteiger partial charge in [0.2, 0.25) is 0 Å². The molecule has 0 N–H and O–H groups in total. The summed E-state index contributed by atoms with van der Waals surface area (Å²) < 4.78 is 16.9. The smallest absolute Gasteiger partial charge is 0.306 e. The molecule has 79 heavy (non-hydrogen) atoms. The first kappa shape index (κ1) is 76.1. The quantitative estimate of drug-likeness (QED) is 0.0261. The molecule has 6 nitrogen and oxygen atoms in total.